The molecule has 0 amide bonds. The van der Waals surface area contributed by atoms with Crippen molar-refractivity contribution in [2.24, 2.45) is 0 Å². The van der Waals surface area contributed by atoms with Gasteiger partial charge < -0.3 is 10.1 Å². The molecule has 7 heteroatoms. The Balaban J connectivity index is 2.70. The van der Waals surface area contributed by atoms with Crippen LogP contribution in [0, 0.1) is 0 Å². The second kappa shape index (κ2) is 10.0. The van der Waals surface area contributed by atoms with E-state index in [1.54, 1.807) is 6.07 Å². The smallest absolute Gasteiger partial charge is 0.259 e. The van der Waals surface area contributed by atoms with E-state index < -0.39 is 11.3 Å². The van der Waals surface area contributed by atoms with E-state index in [-0.39, 0.29) is 0 Å². The van der Waals surface area contributed by atoms with E-state index in [0.29, 0.717) is 18.8 Å². The lowest BCUT2D eigenvalue weighted by Crippen LogP contribution is -2.12. The van der Waals surface area contributed by atoms with Crippen molar-refractivity contribution in [1.82, 2.24) is 5.32 Å². The van der Waals surface area contributed by atoms with Gasteiger partial charge in [0.1, 0.15) is 5.75 Å². The zero-order chi connectivity index (χ0) is 14.8. The van der Waals surface area contributed by atoms with Gasteiger partial charge in [-0.15, -0.1) is 0 Å². The summed E-state index contributed by atoms with van der Waals surface area (Å²) in [5.41, 5.74) is 1.47. The Morgan fingerprint density at radius 1 is 1.45 bits per heavy atom. The molecule has 0 saturated heterocycles. The van der Waals surface area contributed by atoms with Crippen LogP contribution in [0.4, 0.5) is 5.69 Å². The maximum atomic E-state index is 10.9. The third-order valence-electron chi connectivity index (χ3n) is 2.58. The molecular weight excluding hydrogens is 296 g/mol. The number of ether oxygens (including phenoxy) is 1. The summed E-state index contributed by atoms with van der Waals surface area (Å²) in [6.07, 6.45) is 0.987. The van der Waals surface area contributed by atoms with Gasteiger partial charge >= 0.3 is 0 Å². The number of anilines is 1. The van der Waals surface area contributed by atoms with Gasteiger partial charge in [0.25, 0.3) is 11.3 Å². The first-order valence-corrected chi connectivity index (χ1v) is 8.79. The first-order chi connectivity index (χ1) is 9.69. The van der Waals surface area contributed by atoms with Gasteiger partial charge in [0, 0.05) is 12.1 Å². The van der Waals surface area contributed by atoms with Crippen LogP contribution in [0.1, 0.15) is 18.9 Å². The van der Waals surface area contributed by atoms with E-state index in [1.807, 2.05) is 30.9 Å². The van der Waals surface area contributed by atoms with Crippen LogP contribution in [0.5, 0.6) is 5.75 Å². The van der Waals surface area contributed by atoms with E-state index in [4.69, 9.17) is 9.29 Å². The zero-order valence-corrected chi connectivity index (χ0v) is 13.5. The van der Waals surface area contributed by atoms with Gasteiger partial charge in [0.05, 0.1) is 12.3 Å². The van der Waals surface area contributed by atoms with Crippen LogP contribution in [0.2, 0.25) is 0 Å². The largest absolute Gasteiger partial charge is 0.493 e. The second-order valence-corrected chi connectivity index (χ2v) is 6.16. The molecule has 0 aliphatic rings. The van der Waals surface area contributed by atoms with Crippen LogP contribution >= 0.6 is 11.8 Å². The molecule has 0 aliphatic heterocycles. The molecule has 5 nitrogen and oxygen atoms in total. The van der Waals surface area contributed by atoms with Crippen LogP contribution < -0.4 is 14.8 Å². The van der Waals surface area contributed by atoms with E-state index >= 15 is 0 Å². The minimum Gasteiger partial charge on any atom is -0.493 e. The van der Waals surface area contributed by atoms with Crippen molar-refractivity contribution in [3.8, 4) is 5.75 Å². The molecular formula is C13H22N2O3S2. The van der Waals surface area contributed by atoms with Crippen LogP contribution in [-0.2, 0) is 17.8 Å². The molecule has 0 saturated carbocycles. The monoisotopic (exact) mass is 318 g/mol. The van der Waals surface area contributed by atoms with E-state index in [0.717, 1.165) is 29.2 Å². The molecule has 3 N–H and O–H groups in total. The minimum absolute atomic E-state index is 0.569. The van der Waals surface area contributed by atoms with Crippen molar-refractivity contribution in [2.45, 2.75) is 19.9 Å². The second-order valence-electron chi connectivity index (χ2n) is 4.06. The summed E-state index contributed by atoms with van der Waals surface area (Å²) < 4.78 is 28.2. The first-order valence-electron chi connectivity index (χ1n) is 6.53. The van der Waals surface area contributed by atoms with Crippen LogP contribution in [0.3, 0.4) is 0 Å². The van der Waals surface area contributed by atoms with E-state index in [1.165, 1.54) is 0 Å². The molecule has 1 unspecified atom stereocenters. The van der Waals surface area contributed by atoms with E-state index in [2.05, 4.69) is 17.0 Å². The molecule has 0 radical (unpaired) electrons. The van der Waals surface area contributed by atoms with Crippen molar-refractivity contribution in [1.29, 1.82) is 0 Å². The Bertz CT molecular complexity index is 430. The number of rotatable bonds is 10. The normalized spacial score (nSPS) is 12.2. The maximum absolute atomic E-state index is 10.9. The molecule has 1 aromatic rings. The van der Waals surface area contributed by atoms with Gasteiger partial charge in [-0.2, -0.15) is 11.8 Å². The predicted molar refractivity (Wildman–Crippen MR) is 86.7 cm³/mol. The molecule has 0 heterocycles. The predicted octanol–water partition coefficient (Wildman–Crippen LogP) is 2.48. The summed E-state index contributed by atoms with van der Waals surface area (Å²) in [4.78, 5) is 0. The van der Waals surface area contributed by atoms with Gasteiger partial charge in [0.2, 0.25) is 0 Å². The summed E-state index contributed by atoms with van der Waals surface area (Å²) in [5.74, 6) is 2.94. The molecule has 20 heavy (non-hydrogen) atoms. The van der Waals surface area contributed by atoms with Gasteiger partial charge in [-0.1, -0.05) is 13.0 Å². The van der Waals surface area contributed by atoms with Crippen LogP contribution in [-0.4, -0.2) is 33.9 Å². The fourth-order valence-corrected chi connectivity index (χ4v) is 2.73. The molecule has 1 atom stereocenters. The highest BCUT2D eigenvalue weighted by atomic mass is 32.2. The SMILES string of the molecule is CCSCCCOc1cccc(NS(=O)O)c1CNC. The number of thioether (sulfide) groups is 1. The highest BCUT2D eigenvalue weighted by molar-refractivity contribution is 7.99. The van der Waals surface area contributed by atoms with Crippen molar-refractivity contribution >= 4 is 28.7 Å². The quantitative estimate of drug-likeness (QED) is 0.457. The topological polar surface area (TPSA) is 70.6 Å². The Hall–Kier alpha value is -0.760. The Kier molecular flexibility index (Phi) is 8.68. The molecule has 0 aliphatic carbocycles. The minimum atomic E-state index is -2.09. The number of nitrogens with one attached hydrogen (secondary N) is 2. The van der Waals surface area contributed by atoms with Crippen LogP contribution in [0.25, 0.3) is 0 Å². The third kappa shape index (κ3) is 6.13. The number of hydrogen-bond donors (Lipinski definition) is 3. The van der Waals surface area contributed by atoms with Crippen molar-refractivity contribution in [2.75, 3.05) is 29.9 Å². The van der Waals surface area contributed by atoms with Gasteiger partial charge in [0.15, 0.2) is 0 Å². The summed E-state index contributed by atoms with van der Waals surface area (Å²) >= 11 is -0.194. The molecule has 1 aromatic carbocycles. The molecule has 0 bridgehead atoms. The van der Waals surface area contributed by atoms with Gasteiger partial charge in [-0.3, -0.25) is 9.27 Å². The summed E-state index contributed by atoms with van der Waals surface area (Å²) in [5, 5.41) is 3.04. The van der Waals surface area contributed by atoms with Crippen molar-refractivity contribution in [3.63, 3.8) is 0 Å². The maximum Gasteiger partial charge on any atom is 0.259 e. The summed E-state index contributed by atoms with van der Waals surface area (Å²) in [7, 11) is 1.83. The Labute approximate surface area is 127 Å². The number of hydrogen-bond acceptors (Lipinski definition) is 4. The highest BCUT2D eigenvalue weighted by Crippen LogP contribution is 2.27. The molecule has 0 aromatic heterocycles. The average Bonchev–Trinajstić information content (AvgIpc) is 2.41. The first kappa shape index (κ1) is 17.3. The van der Waals surface area contributed by atoms with Crippen molar-refractivity contribution in [3.05, 3.63) is 23.8 Å². The standard InChI is InChI=1S/C13H22N2O3S2/c1-3-19-9-5-8-18-13-7-4-6-12(15-20(16)17)11(13)10-14-2/h4,6-7,14-15H,3,5,8-10H2,1-2H3,(H,16,17). The fraction of sp³-hybridized carbons (Fsp3) is 0.538. The van der Waals surface area contributed by atoms with Gasteiger partial charge in [-0.05, 0) is 37.1 Å². The Morgan fingerprint density at radius 2 is 2.25 bits per heavy atom. The number of benzene rings is 1. The Morgan fingerprint density at radius 3 is 2.90 bits per heavy atom. The van der Waals surface area contributed by atoms with Gasteiger partial charge in [-0.25, -0.2) is 4.21 Å². The lowest BCUT2D eigenvalue weighted by Gasteiger charge is -2.15. The molecule has 1 rings (SSSR count). The van der Waals surface area contributed by atoms with Crippen molar-refractivity contribution < 1.29 is 13.5 Å². The summed E-state index contributed by atoms with van der Waals surface area (Å²) in [6.45, 7) is 3.36. The lowest BCUT2D eigenvalue weighted by atomic mass is 10.1. The fourth-order valence-electron chi connectivity index (χ4n) is 1.74. The van der Waals surface area contributed by atoms with E-state index in [9.17, 15) is 4.21 Å². The molecule has 0 fully saturated rings. The zero-order valence-electron chi connectivity index (χ0n) is 11.8. The molecule has 114 valence electrons. The van der Waals surface area contributed by atoms with Crippen LogP contribution in [0.15, 0.2) is 18.2 Å². The lowest BCUT2D eigenvalue weighted by molar-refractivity contribution is 0.315. The summed E-state index contributed by atoms with van der Waals surface area (Å²) in [6, 6.07) is 5.45. The third-order valence-corrected chi connectivity index (χ3v) is 3.96. The highest BCUT2D eigenvalue weighted by Gasteiger charge is 2.10. The molecule has 0 spiro atoms. The average molecular weight is 318 g/mol.